The van der Waals surface area contributed by atoms with Crippen molar-refractivity contribution in [3.63, 3.8) is 0 Å². The van der Waals surface area contributed by atoms with Crippen molar-refractivity contribution in [1.29, 1.82) is 0 Å². The highest BCUT2D eigenvalue weighted by atomic mass is 35.5. The van der Waals surface area contributed by atoms with Crippen molar-refractivity contribution >= 4 is 38.9 Å². The van der Waals surface area contributed by atoms with Crippen LogP contribution in [0.25, 0.3) is 5.69 Å². The molecular formula is C19H17Cl2N3O3S. The lowest BCUT2D eigenvalue weighted by Gasteiger charge is -2.11. The van der Waals surface area contributed by atoms with Gasteiger partial charge < -0.3 is 0 Å². The van der Waals surface area contributed by atoms with Gasteiger partial charge in [0.15, 0.2) is 0 Å². The third kappa shape index (κ3) is 4.22. The van der Waals surface area contributed by atoms with Crippen LogP contribution in [0.4, 0.5) is 5.69 Å². The Balaban J connectivity index is 1.86. The normalized spacial score (nSPS) is 11.6. The zero-order chi connectivity index (χ0) is 20.5. The Morgan fingerprint density at radius 3 is 2.18 bits per heavy atom. The Labute approximate surface area is 172 Å². The van der Waals surface area contributed by atoms with Crippen LogP contribution in [0.3, 0.4) is 0 Å². The Morgan fingerprint density at radius 2 is 1.61 bits per heavy atom. The number of sulfonamides is 1. The second-order valence-corrected chi connectivity index (χ2v) is 8.87. The highest BCUT2D eigenvalue weighted by molar-refractivity contribution is 7.92. The predicted molar refractivity (Wildman–Crippen MR) is 111 cm³/mol. The van der Waals surface area contributed by atoms with E-state index in [-0.39, 0.29) is 14.9 Å². The van der Waals surface area contributed by atoms with Crippen LogP contribution in [0, 0.1) is 0 Å². The van der Waals surface area contributed by atoms with Gasteiger partial charge in [0.2, 0.25) is 0 Å². The Hall–Kier alpha value is -2.35. The molecule has 0 atom stereocenters. The molecule has 1 heterocycles. The molecule has 0 amide bonds. The van der Waals surface area contributed by atoms with Crippen LogP contribution in [0.2, 0.25) is 10.0 Å². The molecule has 0 bridgehead atoms. The smallest absolute Gasteiger partial charge is 0.280 e. The molecule has 0 aliphatic carbocycles. The lowest BCUT2D eigenvalue weighted by Crippen LogP contribution is -2.21. The minimum Gasteiger partial charge on any atom is -0.280 e. The fraction of sp³-hybridized carbons (Fsp3) is 0.158. The van der Waals surface area contributed by atoms with E-state index in [1.165, 1.54) is 30.5 Å². The van der Waals surface area contributed by atoms with Crippen LogP contribution in [0.5, 0.6) is 0 Å². The lowest BCUT2D eigenvalue weighted by atomic mass is 10.0. The van der Waals surface area contributed by atoms with Gasteiger partial charge in [0.25, 0.3) is 15.6 Å². The summed E-state index contributed by atoms with van der Waals surface area (Å²) in [6, 6.07) is 12.9. The molecule has 146 valence electrons. The van der Waals surface area contributed by atoms with E-state index in [2.05, 4.69) is 23.7 Å². The van der Waals surface area contributed by atoms with Crippen LogP contribution in [-0.2, 0) is 10.0 Å². The van der Waals surface area contributed by atoms with Crippen molar-refractivity contribution in [2.24, 2.45) is 0 Å². The maximum absolute atomic E-state index is 12.6. The summed E-state index contributed by atoms with van der Waals surface area (Å²) in [5.74, 6) is 0.358. The summed E-state index contributed by atoms with van der Waals surface area (Å²) in [5.41, 5.74) is 1.36. The first-order valence-electron chi connectivity index (χ1n) is 8.35. The summed E-state index contributed by atoms with van der Waals surface area (Å²) >= 11 is 11.6. The van der Waals surface area contributed by atoms with Crippen molar-refractivity contribution in [3.8, 4) is 5.69 Å². The lowest BCUT2D eigenvalue weighted by molar-refractivity contribution is 0.601. The largest absolute Gasteiger partial charge is 0.291 e. The maximum atomic E-state index is 12.6. The molecule has 0 aliphatic rings. The average Bonchev–Trinajstić information content (AvgIpc) is 2.66. The predicted octanol–water partition coefficient (Wildman–Crippen LogP) is 4.46. The molecule has 3 rings (SSSR count). The van der Waals surface area contributed by atoms with Gasteiger partial charge in [-0.25, -0.2) is 8.42 Å². The summed E-state index contributed by atoms with van der Waals surface area (Å²) in [6.07, 6.45) is 1.25. The molecule has 0 aliphatic heterocycles. The summed E-state index contributed by atoms with van der Waals surface area (Å²) in [4.78, 5) is 12.2. The van der Waals surface area contributed by atoms with E-state index in [4.69, 9.17) is 23.2 Å². The first kappa shape index (κ1) is 20.4. The van der Waals surface area contributed by atoms with Crippen LogP contribution < -0.4 is 10.3 Å². The van der Waals surface area contributed by atoms with Gasteiger partial charge in [0.05, 0.1) is 21.8 Å². The fourth-order valence-electron chi connectivity index (χ4n) is 2.51. The van der Waals surface area contributed by atoms with E-state index in [0.717, 1.165) is 10.2 Å². The zero-order valence-electron chi connectivity index (χ0n) is 15.1. The van der Waals surface area contributed by atoms with Gasteiger partial charge in [-0.2, -0.15) is 9.78 Å². The molecule has 0 spiro atoms. The quantitative estimate of drug-likeness (QED) is 0.638. The fourth-order valence-corrected chi connectivity index (χ4v) is 3.83. The number of hydrogen-bond donors (Lipinski definition) is 1. The third-order valence-corrected chi connectivity index (χ3v) is 6.24. The number of hydrogen-bond acceptors (Lipinski definition) is 4. The molecule has 6 nitrogen and oxygen atoms in total. The molecule has 2 aromatic carbocycles. The van der Waals surface area contributed by atoms with Crippen molar-refractivity contribution in [2.75, 3.05) is 4.72 Å². The first-order chi connectivity index (χ1) is 13.2. The molecule has 1 N–H and O–H groups in total. The number of benzene rings is 2. The summed E-state index contributed by atoms with van der Waals surface area (Å²) in [6.45, 7) is 4.13. The van der Waals surface area contributed by atoms with Gasteiger partial charge >= 0.3 is 0 Å². The van der Waals surface area contributed by atoms with E-state index < -0.39 is 15.6 Å². The van der Waals surface area contributed by atoms with Gasteiger partial charge in [-0.1, -0.05) is 49.2 Å². The number of rotatable bonds is 5. The minimum absolute atomic E-state index is 0.0507. The molecule has 3 aromatic rings. The molecule has 0 saturated heterocycles. The Kier molecular flexibility index (Phi) is 5.79. The van der Waals surface area contributed by atoms with Crippen LogP contribution >= 0.6 is 23.2 Å². The molecule has 28 heavy (non-hydrogen) atoms. The topological polar surface area (TPSA) is 81.1 Å². The zero-order valence-corrected chi connectivity index (χ0v) is 17.4. The first-order valence-corrected chi connectivity index (χ1v) is 10.6. The Morgan fingerprint density at radius 1 is 1.00 bits per heavy atom. The third-order valence-electron chi connectivity index (χ3n) is 4.10. The molecule has 1 aromatic heterocycles. The Bertz CT molecular complexity index is 1160. The van der Waals surface area contributed by atoms with Gasteiger partial charge in [0, 0.05) is 5.69 Å². The van der Waals surface area contributed by atoms with E-state index in [9.17, 15) is 13.2 Å². The number of nitrogens with one attached hydrogen (secondary N) is 1. The molecule has 0 radical (unpaired) electrons. The monoisotopic (exact) mass is 437 g/mol. The van der Waals surface area contributed by atoms with Gasteiger partial charge in [-0.05, 0) is 47.9 Å². The van der Waals surface area contributed by atoms with Gasteiger partial charge in [-0.15, -0.1) is 0 Å². The molecule has 0 unspecified atom stereocenters. The summed E-state index contributed by atoms with van der Waals surface area (Å²) in [7, 11) is -3.78. The van der Waals surface area contributed by atoms with Crippen molar-refractivity contribution in [3.05, 3.63) is 80.7 Å². The van der Waals surface area contributed by atoms with E-state index in [1.807, 2.05) is 12.1 Å². The highest BCUT2D eigenvalue weighted by Crippen LogP contribution is 2.21. The highest BCUT2D eigenvalue weighted by Gasteiger charge is 2.15. The van der Waals surface area contributed by atoms with Crippen molar-refractivity contribution in [1.82, 2.24) is 9.78 Å². The number of aromatic nitrogens is 2. The molecule has 9 heteroatoms. The van der Waals surface area contributed by atoms with Crippen LogP contribution in [0.1, 0.15) is 25.3 Å². The summed E-state index contributed by atoms with van der Waals surface area (Å²) < 4.78 is 28.8. The molecular weight excluding hydrogens is 421 g/mol. The second kappa shape index (κ2) is 7.95. The molecule has 0 saturated carbocycles. The van der Waals surface area contributed by atoms with Crippen LogP contribution in [-0.4, -0.2) is 18.2 Å². The number of nitrogens with zero attached hydrogens (tertiary/aromatic N) is 2. The minimum atomic E-state index is -3.78. The van der Waals surface area contributed by atoms with Crippen molar-refractivity contribution < 1.29 is 8.42 Å². The summed E-state index contributed by atoms with van der Waals surface area (Å²) in [5, 5.41) is 3.81. The van der Waals surface area contributed by atoms with Gasteiger partial charge in [-0.3, -0.25) is 9.52 Å². The number of halogens is 2. The van der Waals surface area contributed by atoms with E-state index in [0.29, 0.717) is 17.3 Å². The van der Waals surface area contributed by atoms with E-state index >= 15 is 0 Å². The van der Waals surface area contributed by atoms with Crippen LogP contribution in [0.15, 0.2) is 64.4 Å². The SMILES string of the molecule is CC(C)c1ccc(NS(=O)(=O)c2ccc(-n3ncc(Cl)c(Cl)c3=O)cc2)cc1. The van der Waals surface area contributed by atoms with Crippen molar-refractivity contribution in [2.45, 2.75) is 24.7 Å². The standard InChI is InChI=1S/C19H17Cl2N3O3S/c1-12(2)13-3-5-14(6-4-13)23-28(26,27)16-9-7-15(8-10-16)24-19(25)18(21)17(20)11-22-24/h3-12,23H,1-2H3. The molecule has 0 fully saturated rings. The maximum Gasteiger partial charge on any atom is 0.291 e. The second-order valence-electron chi connectivity index (χ2n) is 6.40. The number of anilines is 1. The van der Waals surface area contributed by atoms with E-state index in [1.54, 1.807) is 12.1 Å². The average molecular weight is 438 g/mol. The van der Waals surface area contributed by atoms with Gasteiger partial charge in [0.1, 0.15) is 5.02 Å².